The maximum absolute atomic E-state index is 13.8. The van der Waals surface area contributed by atoms with Crippen LogP contribution in [-0.2, 0) is 19.2 Å². The molecule has 7 aromatic rings. The Hall–Kier alpha value is -7.72. The third kappa shape index (κ3) is 28.5. The van der Waals surface area contributed by atoms with Crippen LogP contribution in [0.25, 0.3) is 16.8 Å². The number of amides is 6. The molecule has 5 aliphatic rings. The molecule has 115 heavy (non-hydrogen) atoms. The number of hydrogen-bond donors (Lipinski definition) is 7. The lowest BCUT2D eigenvalue weighted by atomic mass is 9.95. The lowest BCUT2D eigenvalue weighted by molar-refractivity contribution is -0.134. The largest absolute Gasteiger partial charge is 0.351 e. The number of hydrogen-bond acceptors (Lipinski definition) is 12. The molecule has 12 rings (SSSR count). The van der Waals surface area contributed by atoms with Crippen molar-refractivity contribution in [2.75, 3.05) is 105 Å². The maximum atomic E-state index is 13.8. The van der Waals surface area contributed by atoms with Crippen LogP contribution in [-0.4, -0.2) is 207 Å². The number of carbonyl (C=O) groups is 6. The van der Waals surface area contributed by atoms with Crippen molar-refractivity contribution in [3.05, 3.63) is 229 Å². The van der Waals surface area contributed by atoms with Gasteiger partial charge in [0.1, 0.15) is 0 Å². The van der Waals surface area contributed by atoms with Crippen molar-refractivity contribution in [3.8, 4) is 0 Å². The number of halogens is 4. The molecule has 5 heterocycles. The van der Waals surface area contributed by atoms with E-state index in [1.54, 1.807) is 36.4 Å². The van der Waals surface area contributed by atoms with Crippen molar-refractivity contribution >= 4 is 98.7 Å². The van der Waals surface area contributed by atoms with Crippen molar-refractivity contribution in [1.29, 1.82) is 0 Å². The fraction of sp³-hybridized carbons (Fsp3) is 0.484. The Morgan fingerprint density at radius 1 is 0.443 bits per heavy atom. The zero-order valence-electron chi connectivity index (χ0n) is 68.0. The van der Waals surface area contributed by atoms with Gasteiger partial charge in [0.05, 0.1) is 28.2 Å². The zero-order valence-corrected chi connectivity index (χ0v) is 71.0. The van der Waals surface area contributed by atoms with Gasteiger partial charge in [-0.3, -0.25) is 28.8 Å². The minimum atomic E-state index is -0.284. The minimum absolute atomic E-state index is 0.00108. The van der Waals surface area contributed by atoms with Crippen molar-refractivity contribution < 1.29 is 28.8 Å². The Kier molecular flexibility index (Phi) is 36.6. The molecule has 0 aliphatic carbocycles. The van der Waals surface area contributed by atoms with Gasteiger partial charge in [0.25, 0.3) is 11.8 Å². The fourth-order valence-electron chi connectivity index (χ4n) is 16.3. The van der Waals surface area contributed by atoms with E-state index in [0.29, 0.717) is 114 Å². The molecule has 0 saturated carbocycles. The smallest absolute Gasteiger partial charge is 0.251 e. The quantitative estimate of drug-likeness (QED) is 0.0197. The van der Waals surface area contributed by atoms with Crippen LogP contribution < -0.4 is 37.2 Å². The van der Waals surface area contributed by atoms with Crippen LogP contribution in [0.5, 0.6) is 0 Å². The number of carbonyl (C=O) groups excluding carboxylic acids is 6. The first kappa shape index (κ1) is 89.6. The standard InChI is InChI=1S/C33H41ClN4O2.C30H40Cl2N4O2.C30H41ClN4O2/c1-2-24(25-8-4-3-5-9-25)23-38-19-14-30(36-31(33(38)40)15-18-37-16-6-7-17-37)22-35-32(39)28-11-10-27-21-29(34)13-12-26(27)20-28;1-2-22(23-9-5-3-6-10-23)21-36-18-13-25(20-33-29(37)24-11-12-26(31)27(32)19-24)34-28(30(36)38)14-17-35-15-7-4-8-16-35;1-4-24(25-8-6-5-7-9-25)21-35-19-17-27(34-28(30(35)37)16-18-32-22(2)3)20-33-29(36)15-12-23-10-13-26(31)14-11-23/h3-5,8-13,20-21,24,30-31,36H,2,6-7,14-19,22-23H2,1H3,(H,35,39);3,5-6,9-12,19,22,25,28,34H,2,4,7-8,13-18,20-21H2,1H3,(H,33,37);5-15,22,24,27-28,32,34H,4,16-21H2,1-3H3,(H,33,36)/b;;15-12+/t24-,30+,31+;22-,25+,28+;24-,27+,28+/m111/s1. The molecule has 0 spiro atoms. The highest BCUT2D eigenvalue weighted by molar-refractivity contribution is 6.42. The van der Waals surface area contributed by atoms with Crippen molar-refractivity contribution in [2.24, 2.45) is 0 Å². The summed E-state index contributed by atoms with van der Waals surface area (Å²) < 4.78 is 0. The van der Waals surface area contributed by atoms with E-state index in [1.165, 1.54) is 54.9 Å². The molecule has 18 nitrogen and oxygen atoms in total. The second-order valence-electron chi connectivity index (χ2n) is 31.8. The van der Waals surface area contributed by atoms with Crippen LogP contribution >= 0.6 is 46.4 Å². The predicted molar refractivity (Wildman–Crippen MR) is 471 cm³/mol. The molecule has 6 amide bonds. The van der Waals surface area contributed by atoms with Crippen LogP contribution in [0.4, 0.5) is 0 Å². The summed E-state index contributed by atoms with van der Waals surface area (Å²) in [5.41, 5.74) is 5.83. The third-order valence-corrected chi connectivity index (χ3v) is 24.4. The van der Waals surface area contributed by atoms with Gasteiger partial charge in [-0.05, 0) is 210 Å². The normalized spacial score (nSPS) is 20.6. The van der Waals surface area contributed by atoms with Gasteiger partial charge in [0.15, 0.2) is 0 Å². The Bertz CT molecular complexity index is 4210. The van der Waals surface area contributed by atoms with Gasteiger partial charge in [-0.25, -0.2) is 0 Å². The second-order valence-corrected chi connectivity index (χ2v) is 33.5. The summed E-state index contributed by atoms with van der Waals surface area (Å²) in [4.78, 5) is 90.7. The van der Waals surface area contributed by atoms with E-state index in [2.05, 4.69) is 164 Å². The average molecular weight is 1650 g/mol. The summed E-state index contributed by atoms with van der Waals surface area (Å²) in [6.45, 7) is 23.4. The molecule has 7 N–H and O–H groups in total. The first-order valence-electron chi connectivity index (χ1n) is 42.2. The maximum Gasteiger partial charge on any atom is 0.251 e. The summed E-state index contributed by atoms with van der Waals surface area (Å²) in [5.74, 6) is 0.970. The van der Waals surface area contributed by atoms with Gasteiger partial charge in [-0.2, -0.15) is 0 Å². The summed E-state index contributed by atoms with van der Waals surface area (Å²) in [6, 6.07) is 54.6. The van der Waals surface area contributed by atoms with Crippen LogP contribution in [0.3, 0.4) is 0 Å². The summed E-state index contributed by atoms with van der Waals surface area (Å²) >= 11 is 24.1. The van der Waals surface area contributed by atoms with E-state index < -0.39 is 0 Å². The highest BCUT2D eigenvalue weighted by atomic mass is 35.5. The van der Waals surface area contributed by atoms with E-state index in [4.69, 9.17) is 46.4 Å². The van der Waals surface area contributed by atoms with Crippen LogP contribution in [0.2, 0.25) is 20.1 Å². The molecule has 5 saturated heterocycles. The van der Waals surface area contributed by atoms with Gasteiger partial charge in [0, 0.05) is 141 Å². The number of benzene rings is 7. The Balaban J connectivity index is 0.000000183. The molecule has 0 aromatic heterocycles. The first-order chi connectivity index (χ1) is 55.8. The number of rotatable bonds is 32. The number of nitrogens with one attached hydrogen (secondary N) is 7. The van der Waals surface area contributed by atoms with Gasteiger partial charge >= 0.3 is 0 Å². The average Bonchev–Trinajstić information content (AvgIpc) is 1.30. The van der Waals surface area contributed by atoms with Crippen LogP contribution in [0.1, 0.15) is 185 Å². The molecule has 22 heteroatoms. The van der Waals surface area contributed by atoms with Gasteiger partial charge in [0.2, 0.25) is 23.6 Å². The van der Waals surface area contributed by atoms with Gasteiger partial charge < -0.3 is 61.7 Å². The van der Waals surface area contributed by atoms with Crippen molar-refractivity contribution in [2.45, 2.75) is 185 Å². The molecular formula is C93H122Cl4N12O6. The van der Waals surface area contributed by atoms with E-state index in [1.807, 2.05) is 71.6 Å². The molecule has 7 aromatic carbocycles. The lowest BCUT2D eigenvalue weighted by Crippen LogP contribution is -2.50. The van der Waals surface area contributed by atoms with E-state index >= 15 is 0 Å². The molecule has 0 radical (unpaired) electrons. The topological polar surface area (TPSA) is 203 Å². The number of fused-ring (bicyclic) bond motifs is 1. The SMILES string of the molecule is CC[C@H](CN1CC[C@@H](CNC(=O)/C=C/c2ccc(Cl)cc2)N[C@@H](CCNC(C)C)C1=O)c1ccccc1.CC[C@H](CN1CC[C@@H](CNC(=O)c2ccc(Cl)c(Cl)c2)N[C@@H](CCN2CCCCC2)C1=O)c1ccccc1.CC[C@H](CN1CC[C@@H](CNC(=O)c2ccc3cc(Cl)ccc3c2)N[C@@H](CCN2CCCC2)C1=O)c1ccccc1. The molecule has 5 aliphatic heterocycles. The highest BCUT2D eigenvalue weighted by Crippen LogP contribution is 2.29. The van der Waals surface area contributed by atoms with E-state index in [0.717, 1.165) is 120 Å². The molecule has 9 atom stereocenters. The van der Waals surface area contributed by atoms with E-state index in [-0.39, 0.29) is 71.7 Å². The van der Waals surface area contributed by atoms with Gasteiger partial charge in [-0.15, -0.1) is 0 Å². The number of likely N-dealkylation sites (tertiary alicyclic amines) is 2. The zero-order chi connectivity index (χ0) is 81.4. The monoisotopic (exact) mass is 1640 g/mol. The van der Waals surface area contributed by atoms with Crippen molar-refractivity contribution in [1.82, 2.24) is 61.7 Å². The fourth-order valence-corrected chi connectivity index (χ4v) is 16.9. The minimum Gasteiger partial charge on any atom is -0.351 e. The van der Waals surface area contributed by atoms with E-state index in [9.17, 15) is 28.8 Å². The number of nitrogens with zero attached hydrogens (tertiary/aromatic N) is 5. The molecule has 0 unspecified atom stereocenters. The van der Waals surface area contributed by atoms with Crippen LogP contribution in [0.15, 0.2) is 176 Å². The number of piperidine rings is 1. The first-order valence-corrected chi connectivity index (χ1v) is 43.7. The summed E-state index contributed by atoms with van der Waals surface area (Å²) in [6.07, 6.45) is 17.1. The summed E-state index contributed by atoms with van der Waals surface area (Å²) in [7, 11) is 0. The Morgan fingerprint density at radius 2 is 0.843 bits per heavy atom. The Morgan fingerprint density at radius 3 is 1.29 bits per heavy atom. The molecule has 5 fully saturated rings. The molecular weight excluding hydrogens is 1520 g/mol. The third-order valence-electron chi connectivity index (χ3n) is 23.2. The second kappa shape index (κ2) is 47.0. The van der Waals surface area contributed by atoms with Gasteiger partial charge in [-0.1, -0.05) is 203 Å². The van der Waals surface area contributed by atoms with Crippen LogP contribution in [0, 0.1) is 0 Å². The molecule has 0 bridgehead atoms. The Labute approximate surface area is 703 Å². The molecule has 618 valence electrons. The predicted octanol–water partition coefficient (Wildman–Crippen LogP) is 15.4. The highest BCUT2D eigenvalue weighted by Gasteiger charge is 2.36. The summed E-state index contributed by atoms with van der Waals surface area (Å²) in [5, 5.41) is 27.5. The lowest BCUT2D eigenvalue weighted by Gasteiger charge is -2.31. The van der Waals surface area contributed by atoms with Crippen molar-refractivity contribution in [3.63, 3.8) is 0 Å².